The molecule has 2 aromatic carbocycles. The predicted molar refractivity (Wildman–Crippen MR) is 116 cm³/mol. The van der Waals surface area contributed by atoms with E-state index in [1.807, 2.05) is 32.9 Å². The van der Waals surface area contributed by atoms with Gasteiger partial charge in [-0.2, -0.15) is 0 Å². The van der Waals surface area contributed by atoms with Gasteiger partial charge in [-0.25, -0.2) is 17.1 Å². The normalized spacial score (nSPS) is 16.9. The van der Waals surface area contributed by atoms with Crippen molar-refractivity contribution in [2.24, 2.45) is 5.92 Å². The molecule has 1 N–H and O–H groups in total. The van der Waals surface area contributed by atoms with E-state index in [0.717, 1.165) is 11.1 Å². The molecule has 1 aliphatic rings. The first-order valence-corrected chi connectivity index (χ1v) is 11.9. The average molecular weight is 433 g/mol. The molecule has 1 saturated heterocycles. The summed E-state index contributed by atoms with van der Waals surface area (Å²) < 4.78 is 39.8. The molecule has 0 aromatic heterocycles. The van der Waals surface area contributed by atoms with Crippen molar-refractivity contribution in [1.29, 1.82) is 0 Å². The van der Waals surface area contributed by atoms with Crippen LogP contribution in [0.2, 0.25) is 0 Å². The van der Waals surface area contributed by atoms with Gasteiger partial charge in [0, 0.05) is 19.0 Å². The molecule has 30 heavy (non-hydrogen) atoms. The van der Waals surface area contributed by atoms with Crippen LogP contribution in [0.4, 0.5) is 4.39 Å². The standard InChI is InChI=1S/C23H29FN2O3S/c1-16-4-9-22(17(2)14-16)18(3)25-23(27)20-10-12-26(13-11-20)30(28,29)15-19-5-7-21(24)8-6-19/h4-9,14,18,20H,10-13,15H2,1-3H3,(H,25,27)/t18-/m0/s1. The second-order valence-electron chi connectivity index (χ2n) is 8.15. The van der Waals surface area contributed by atoms with Crippen LogP contribution in [-0.4, -0.2) is 31.7 Å². The van der Waals surface area contributed by atoms with Crippen LogP contribution in [0.3, 0.4) is 0 Å². The topological polar surface area (TPSA) is 66.5 Å². The summed E-state index contributed by atoms with van der Waals surface area (Å²) in [5, 5.41) is 3.08. The van der Waals surface area contributed by atoms with Gasteiger partial charge in [0.2, 0.25) is 15.9 Å². The minimum absolute atomic E-state index is 0.0296. The number of piperidine rings is 1. The van der Waals surface area contributed by atoms with Gasteiger partial charge in [-0.05, 0) is 62.4 Å². The number of nitrogens with zero attached hydrogens (tertiary/aromatic N) is 1. The highest BCUT2D eigenvalue weighted by Crippen LogP contribution is 2.24. The van der Waals surface area contributed by atoms with Gasteiger partial charge in [0.25, 0.3) is 0 Å². The maximum Gasteiger partial charge on any atom is 0.223 e. The molecule has 0 aliphatic carbocycles. The molecule has 1 amide bonds. The first kappa shape index (κ1) is 22.4. The largest absolute Gasteiger partial charge is 0.349 e. The van der Waals surface area contributed by atoms with Crippen molar-refractivity contribution in [2.45, 2.75) is 45.4 Å². The molecule has 0 unspecified atom stereocenters. The average Bonchev–Trinajstić information content (AvgIpc) is 2.69. The smallest absolute Gasteiger partial charge is 0.223 e. The third-order valence-corrected chi connectivity index (χ3v) is 7.58. The lowest BCUT2D eigenvalue weighted by molar-refractivity contribution is -0.126. The van der Waals surface area contributed by atoms with Gasteiger partial charge in [0.15, 0.2) is 0 Å². The lowest BCUT2D eigenvalue weighted by atomic mass is 9.95. The Morgan fingerprint density at radius 3 is 2.37 bits per heavy atom. The summed E-state index contributed by atoms with van der Waals surface area (Å²) in [5.74, 6) is -0.778. The first-order valence-electron chi connectivity index (χ1n) is 10.3. The summed E-state index contributed by atoms with van der Waals surface area (Å²) in [7, 11) is -3.49. The van der Waals surface area contributed by atoms with E-state index in [9.17, 15) is 17.6 Å². The Balaban J connectivity index is 1.55. The Bertz CT molecular complexity index is 998. The molecule has 7 heteroatoms. The third kappa shape index (κ3) is 5.46. The van der Waals surface area contributed by atoms with Crippen LogP contribution < -0.4 is 5.32 Å². The monoisotopic (exact) mass is 432 g/mol. The van der Waals surface area contributed by atoms with Crippen molar-refractivity contribution < 1.29 is 17.6 Å². The number of aryl methyl sites for hydroxylation is 2. The molecule has 5 nitrogen and oxygen atoms in total. The van der Waals surface area contributed by atoms with E-state index >= 15 is 0 Å². The molecule has 0 saturated carbocycles. The molecular weight excluding hydrogens is 403 g/mol. The fourth-order valence-electron chi connectivity index (χ4n) is 4.00. The second-order valence-corrected chi connectivity index (χ2v) is 10.1. The van der Waals surface area contributed by atoms with Gasteiger partial charge >= 0.3 is 0 Å². The van der Waals surface area contributed by atoms with E-state index in [1.54, 1.807) is 0 Å². The van der Waals surface area contributed by atoms with E-state index in [-0.39, 0.29) is 23.6 Å². The highest BCUT2D eigenvalue weighted by Gasteiger charge is 2.31. The van der Waals surface area contributed by atoms with Crippen LogP contribution in [0.15, 0.2) is 42.5 Å². The van der Waals surface area contributed by atoms with Gasteiger partial charge in [-0.1, -0.05) is 35.9 Å². The number of rotatable bonds is 6. The molecular formula is C23H29FN2O3S. The highest BCUT2D eigenvalue weighted by molar-refractivity contribution is 7.88. The van der Waals surface area contributed by atoms with Gasteiger partial charge in [0.1, 0.15) is 5.82 Å². The molecule has 3 rings (SSSR count). The Labute approximate surface area is 178 Å². The zero-order chi connectivity index (χ0) is 21.9. The Kier molecular flexibility index (Phi) is 6.93. The number of amides is 1. The van der Waals surface area contributed by atoms with Crippen LogP contribution in [0.5, 0.6) is 0 Å². The zero-order valence-electron chi connectivity index (χ0n) is 17.7. The van der Waals surface area contributed by atoms with Crippen molar-refractivity contribution in [2.75, 3.05) is 13.1 Å². The quantitative estimate of drug-likeness (QED) is 0.754. The van der Waals surface area contributed by atoms with Gasteiger partial charge in [0.05, 0.1) is 11.8 Å². The lowest BCUT2D eigenvalue weighted by Crippen LogP contribution is -2.43. The summed E-state index contributed by atoms with van der Waals surface area (Å²) in [4.78, 5) is 12.7. The molecule has 1 atom stereocenters. The highest BCUT2D eigenvalue weighted by atomic mass is 32.2. The summed E-state index contributed by atoms with van der Waals surface area (Å²) in [5.41, 5.74) is 3.97. The molecule has 2 aromatic rings. The second kappa shape index (κ2) is 9.27. The minimum Gasteiger partial charge on any atom is -0.349 e. The van der Waals surface area contributed by atoms with Crippen molar-refractivity contribution in [3.63, 3.8) is 0 Å². The molecule has 1 fully saturated rings. The molecule has 0 radical (unpaired) electrons. The fourth-order valence-corrected chi connectivity index (χ4v) is 5.56. The number of hydrogen-bond acceptors (Lipinski definition) is 3. The molecule has 0 spiro atoms. The summed E-state index contributed by atoms with van der Waals surface area (Å²) in [6, 6.07) is 11.6. The Morgan fingerprint density at radius 1 is 1.13 bits per heavy atom. The maximum atomic E-state index is 13.0. The SMILES string of the molecule is Cc1ccc([C@H](C)NC(=O)C2CCN(S(=O)(=O)Cc3ccc(F)cc3)CC2)c(C)c1. The number of nitrogens with one attached hydrogen (secondary N) is 1. The van der Waals surface area contributed by atoms with Gasteiger partial charge < -0.3 is 5.32 Å². The first-order chi connectivity index (χ1) is 14.2. The Morgan fingerprint density at radius 2 is 1.77 bits per heavy atom. The van der Waals surface area contributed by atoms with E-state index in [0.29, 0.717) is 31.5 Å². The number of benzene rings is 2. The summed E-state index contributed by atoms with van der Waals surface area (Å²) >= 11 is 0. The number of carbonyl (C=O) groups excluding carboxylic acids is 1. The van der Waals surface area contributed by atoms with Crippen molar-refractivity contribution in [3.8, 4) is 0 Å². The predicted octanol–water partition coefficient (Wildman–Crippen LogP) is 3.86. The fraction of sp³-hybridized carbons (Fsp3) is 0.435. The van der Waals surface area contributed by atoms with Crippen molar-refractivity contribution in [3.05, 3.63) is 70.5 Å². The maximum absolute atomic E-state index is 13.0. The molecule has 162 valence electrons. The number of sulfonamides is 1. The van der Waals surface area contributed by atoms with E-state index in [4.69, 9.17) is 0 Å². The van der Waals surface area contributed by atoms with Crippen LogP contribution in [0, 0.1) is 25.6 Å². The van der Waals surface area contributed by atoms with Crippen LogP contribution in [0.1, 0.15) is 48.1 Å². The number of hydrogen-bond donors (Lipinski definition) is 1. The van der Waals surface area contributed by atoms with Crippen LogP contribution >= 0.6 is 0 Å². The number of carbonyl (C=O) groups is 1. The molecule has 0 bridgehead atoms. The van der Waals surface area contributed by atoms with Gasteiger partial charge in [-0.15, -0.1) is 0 Å². The van der Waals surface area contributed by atoms with Crippen LogP contribution in [-0.2, 0) is 20.6 Å². The lowest BCUT2D eigenvalue weighted by Gasteiger charge is -2.31. The third-order valence-electron chi connectivity index (χ3n) is 5.73. The molecule has 1 aliphatic heterocycles. The summed E-state index contributed by atoms with van der Waals surface area (Å²) in [6.45, 7) is 6.68. The van der Waals surface area contributed by atoms with E-state index < -0.39 is 15.8 Å². The van der Waals surface area contributed by atoms with E-state index in [2.05, 4.69) is 11.4 Å². The summed E-state index contributed by atoms with van der Waals surface area (Å²) in [6.07, 6.45) is 0.988. The molecule has 1 heterocycles. The van der Waals surface area contributed by atoms with Crippen molar-refractivity contribution >= 4 is 15.9 Å². The number of halogens is 1. The minimum atomic E-state index is -3.49. The Hall–Kier alpha value is -2.25. The van der Waals surface area contributed by atoms with Gasteiger partial charge in [-0.3, -0.25) is 4.79 Å². The van der Waals surface area contributed by atoms with E-state index in [1.165, 1.54) is 34.1 Å². The van der Waals surface area contributed by atoms with Crippen molar-refractivity contribution in [1.82, 2.24) is 9.62 Å². The zero-order valence-corrected chi connectivity index (χ0v) is 18.5. The van der Waals surface area contributed by atoms with Crippen LogP contribution in [0.25, 0.3) is 0 Å².